The van der Waals surface area contributed by atoms with Crippen molar-refractivity contribution in [2.45, 2.75) is 43.6 Å². The van der Waals surface area contributed by atoms with Crippen LogP contribution in [0.15, 0.2) is 48.5 Å². The lowest BCUT2D eigenvalue weighted by Gasteiger charge is -2.50. The Morgan fingerprint density at radius 1 is 1.16 bits per heavy atom. The van der Waals surface area contributed by atoms with Gasteiger partial charge in [-0.25, -0.2) is 0 Å². The van der Waals surface area contributed by atoms with Crippen LogP contribution in [0.25, 0.3) is 0 Å². The van der Waals surface area contributed by atoms with Crippen LogP contribution < -0.4 is 0 Å². The summed E-state index contributed by atoms with van der Waals surface area (Å²) < 4.78 is 0. The third-order valence-electron chi connectivity index (χ3n) is 6.17. The number of aliphatic hydroxyl groups is 1. The molecule has 1 atom stereocenters. The van der Waals surface area contributed by atoms with Crippen molar-refractivity contribution in [3.05, 3.63) is 70.8 Å². The largest absolute Gasteiger partial charge is 0.391 e. The summed E-state index contributed by atoms with van der Waals surface area (Å²) in [7, 11) is 1.75. The van der Waals surface area contributed by atoms with Gasteiger partial charge in [-0.2, -0.15) is 0 Å². The van der Waals surface area contributed by atoms with E-state index in [0.717, 1.165) is 12.8 Å². The van der Waals surface area contributed by atoms with Crippen molar-refractivity contribution in [1.82, 2.24) is 4.90 Å². The molecule has 0 aliphatic heterocycles. The summed E-state index contributed by atoms with van der Waals surface area (Å²) in [5.74, 6) is 0.469. The normalized spacial score (nSPS) is 24.4. The molecule has 0 fully saturated rings. The highest BCUT2D eigenvalue weighted by atomic mass is 16.3. The Morgan fingerprint density at radius 2 is 1.72 bits per heavy atom. The zero-order chi connectivity index (χ0) is 17.6. The number of hydrogen-bond donors (Lipinski definition) is 1. The van der Waals surface area contributed by atoms with Crippen LogP contribution in [0.3, 0.4) is 0 Å². The minimum atomic E-state index is -0.537. The van der Waals surface area contributed by atoms with Crippen LogP contribution in [-0.2, 0) is 10.2 Å². The smallest absolute Gasteiger partial charge is 0.219 e. The van der Waals surface area contributed by atoms with Gasteiger partial charge in [0.15, 0.2) is 0 Å². The monoisotopic (exact) mass is 335 g/mol. The second-order valence-corrected chi connectivity index (χ2v) is 7.61. The van der Waals surface area contributed by atoms with Gasteiger partial charge in [0.2, 0.25) is 5.91 Å². The van der Waals surface area contributed by atoms with Crippen molar-refractivity contribution in [1.29, 1.82) is 0 Å². The van der Waals surface area contributed by atoms with E-state index < -0.39 is 6.10 Å². The zero-order valence-corrected chi connectivity index (χ0v) is 14.9. The van der Waals surface area contributed by atoms with Crippen molar-refractivity contribution in [3.8, 4) is 0 Å². The van der Waals surface area contributed by atoms with Gasteiger partial charge in [-0.05, 0) is 41.5 Å². The molecule has 0 radical (unpaired) electrons. The predicted octanol–water partition coefficient (Wildman–Crippen LogP) is 3.44. The number of amides is 1. The Morgan fingerprint density at radius 3 is 2.28 bits per heavy atom. The lowest BCUT2D eigenvalue weighted by atomic mass is 9.53. The van der Waals surface area contributed by atoms with E-state index in [9.17, 15) is 9.90 Å². The van der Waals surface area contributed by atoms with Gasteiger partial charge >= 0.3 is 0 Å². The van der Waals surface area contributed by atoms with Crippen LogP contribution in [0.5, 0.6) is 0 Å². The van der Waals surface area contributed by atoms with E-state index in [1.54, 1.807) is 18.9 Å². The van der Waals surface area contributed by atoms with E-state index in [1.807, 2.05) is 0 Å². The van der Waals surface area contributed by atoms with Crippen molar-refractivity contribution < 1.29 is 9.90 Å². The van der Waals surface area contributed by atoms with E-state index in [4.69, 9.17) is 0 Å². The van der Waals surface area contributed by atoms with Gasteiger partial charge < -0.3 is 10.0 Å². The number of rotatable bonds is 4. The van der Waals surface area contributed by atoms with Gasteiger partial charge in [0.05, 0.1) is 6.10 Å². The number of aliphatic hydroxyl groups excluding tert-OH is 1. The number of nitrogens with zero attached hydrogens (tertiary/aromatic N) is 1. The van der Waals surface area contributed by atoms with Crippen LogP contribution in [0.2, 0.25) is 0 Å². The Labute approximate surface area is 149 Å². The number of carbonyl (C=O) groups is 1. The summed E-state index contributed by atoms with van der Waals surface area (Å²) in [6, 6.07) is 17.4. The summed E-state index contributed by atoms with van der Waals surface area (Å²) in [5, 5.41) is 10.8. The maximum absolute atomic E-state index is 11.5. The van der Waals surface area contributed by atoms with Crippen LogP contribution in [0, 0.1) is 0 Å². The van der Waals surface area contributed by atoms with E-state index >= 15 is 0 Å². The summed E-state index contributed by atoms with van der Waals surface area (Å²) in [4.78, 5) is 13.1. The molecule has 0 saturated carbocycles. The van der Waals surface area contributed by atoms with Crippen LogP contribution in [0.1, 0.15) is 54.4 Å². The minimum Gasteiger partial charge on any atom is -0.391 e. The van der Waals surface area contributed by atoms with Gasteiger partial charge in [0.25, 0.3) is 0 Å². The molecule has 130 valence electrons. The second kappa shape index (κ2) is 5.99. The molecule has 0 spiro atoms. The van der Waals surface area contributed by atoms with E-state index in [2.05, 4.69) is 48.5 Å². The van der Waals surface area contributed by atoms with Gasteiger partial charge in [-0.1, -0.05) is 48.5 Å². The highest BCUT2D eigenvalue weighted by molar-refractivity contribution is 5.72. The molecule has 0 aromatic heterocycles. The molecule has 2 bridgehead atoms. The minimum absolute atomic E-state index is 0.00953. The topological polar surface area (TPSA) is 40.5 Å². The molecule has 3 aliphatic rings. The second-order valence-electron chi connectivity index (χ2n) is 7.61. The third-order valence-corrected chi connectivity index (χ3v) is 6.17. The number of fused-ring (bicyclic) bond motifs is 1. The Kier molecular flexibility index (Phi) is 3.92. The summed E-state index contributed by atoms with van der Waals surface area (Å²) >= 11 is 0. The molecule has 1 N–H and O–H groups in total. The third kappa shape index (κ3) is 2.49. The first kappa shape index (κ1) is 16.3. The van der Waals surface area contributed by atoms with Crippen LogP contribution >= 0.6 is 0 Å². The molecule has 2 aromatic rings. The molecule has 3 aliphatic carbocycles. The average Bonchev–Trinajstić information content (AvgIpc) is 2.62. The van der Waals surface area contributed by atoms with Crippen molar-refractivity contribution in [3.63, 3.8) is 0 Å². The first-order valence-electron chi connectivity index (χ1n) is 9.11. The molecule has 2 aromatic carbocycles. The van der Waals surface area contributed by atoms with Crippen molar-refractivity contribution in [2.24, 2.45) is 0 Å². The van der Waals surface area contributed by atoms with Crippen LogP contribution in [0.4, 0.5) is 0 Å². The maximum Gasteiger partial charge on any atom is 0.219 e. The number of benzene rings is 2. The highest BCUT2D eigenvalue weighted by Crippen LogP contribution is 2.57. The molecule has 1 amide bonds. The molecular formula is C22H25NO2. The molecule has 25 heavy (non-hydrogen) atoms. The Bertz CT molecular complexity index is 766. The number of likely N-dealkylation sites (N-methyl/N-ethyl adjacent to an activating group) is 1. The first-order valence-corrected chi connectivity index (χ1v) is 9.11. The molecule has 3 nitrogen and oxygen atoms in total. The fourth-order valence-corrected chi connectivity index (χ4v) is 4.99. The lowest BCUT2D eigenvalue weighted by molar-refractivity contribution is -0.128. The first-order chi connectivity index (χ1) is 12.0. The predicted molar refractivity (Wildman–Crippen MR) is 98.7 cm³/mol. The molecule has 3 heteroatoms. The van der Waals surface area contributed by atoms with Gasteiger partial charge in [-0.15, -0.1) is 0 Å². The van der Waals surface area contributed by atoms with Gasteiger partial charge in [0, 0.05) is 31.8 Å². The Balaban J connectivity index is 1.77. The van der Waals surface area contributed by atoms with E-state index in [-0.39, 0.29) is 11.3 Å². The summed E-state index contributed by atoms with van der Waals surface area (Å²) in [5.41, 5.74) is 5.43. The van der Waals surface area contributed by atoms with Gasteiger partial charge in [-0.3, -0.25) is 4.79 Å². The molecule has 0 unspecified atom stereocenters. The average molecular weight is 335 g/mol. The summed E-state index contributed by atoms with van der Waals surface area (Å²) in [6.07, 6.45) is 2.31. The fraction of sp³-hybridized carbons (Fsp3) is 0.409. The molecule has 5 rings (SSSR count). The standard InChI is InChI=1S/C22H25NO2/c1-15(24)23(2)14-16(25)13-22-12-11-17(18-7-3-5-9-20(18)22)19-8-4-6-10-21(19)22/h3-10,16-17,25H,11-14H2,1-2H3/t16-,17?,22?/m0/s1. The zero-order valence-electron chi connectivity index (χ0n) is 14.9. The number of carbonyl (C=O) groups excluding carboxylic acids is 1. The fourth-order valence-electron chi connectivity index (χ4n) is 4.99. The highest BCUT2D eigenvalue weighted by Gasteiger charge is 2.48. The molecular weight excluding hydrogens is 310 g/mol. The van der Waals surface area contributed by atoms with E-state index in [1.165, 1.54) is 22.3 Å². The maximum atomic E-state index is 11.5. The Hall–Kier alpha value is -2.13. The van der Waals surface area contributed by atoms with Crippen molar-refractivity contribution in [2.75, 3.05) is 13.6 Å². The molecule has 0 saturated heterocycles. The SMILES string of the molecule is CC(=O)N(C)C[C@@H](O)CC12CCC(c3ccccc31)c1ccccc12. The van der Waals surface area contributed by atoms with Crippen LogP contribution in [-0.4, -0.2) is 35.6 Å². The summed E-state index contributed by atoms with van der Waals surface area (Å²) in [6.45, 7) is 1.92. The quantitative estimate of drug-likeness (QED) is 0.930. The van der Waals surface area contributed by atoms with Crippen molar-refractivity contribution >= 4 is 5.91 Å². The van der Waals surface area contributed by atoms with Gasteiger partial charge in [0.1, 0.15) is 0 Å². The lowest BCUT2D eigenvalue weighted by Crippen LogP contribution is -2.44. The number of hydrogen-bond acceptors (Lipinski definition) is 2. The molecule has 0 heterocycles. The van der Waals surface area contributed by atoms with E-state index in [0.29, 0.717) is 18.9 Å².